The lowest BCUT2D eigenvalue weighted by Crippen LogP contribution is -2.22. The molecule has 23 heavy (non-hydrogen) atoms. The Balaban J connectivity index is 2.58. The first-order valence-corrected chi connectivity index (χ1v) is 8.14. The summed E-state index contributed by atoms with van der Waals surface area (Å²) in [5.41, 5.74) is 0.596. The number of carbonyl (C=O) groups is 1. The van der Waals surface area contributed by atoms with Gasteiger partial charge in [0.15, 0.2) is 0 Å². The molecule has 0 amide bonds. The van der Waals surface area contributed by atoms with Gasteiger partial charge in [-0.1, -0.05) is 49.8 Å². The first kappa shape index (κ1) is 19.2. The molecule has 0 bridgehead atoms. The van der Waals surface area contributed by atoms with Crippen LogP contribution >= 0.6 is 0 Å². The van der Waals surface area contributed by atoms with Gasteiger partial charge in [-0.15, -0.1) is 0 Å². The van der Waals surface area contributed by atoms with Gasteiger partial charge >= 0.3 is 5.97 Å². The summed E-state index contributed by atoms with van der Waals surface area (Å²) in [6.45, 7) is 8.57. The minimum Gasteiger partial charge on any atom is -0.426 e. The molecule has 126 valence electrons. The van der Waals surface area contributed by atoms with Crippen molar-refractivity contribution in [3.63, 3.8) is 0 Å². The number of ether oxygens (including phenoxy) is 2. The van der Waals surface area contributed by atoms with Crippen LogP contribution in [-0.2, 0) is 20.9 Å². The van der Waals surface area contributed by atoms with Crippen LogP contribution in [0.2, 0.25) is 0 Å². The molecule has 0 heterocycles. The van der Waals surface area contributed by atoms with E-state index in [-0.39, 0.29) is 5.97 Å². The SMILES string of the molecule is CCC/C=C/C(=C/COCc1ccccc1)OC(=O)C(C)(C)C. The molecule has 3 heteroatoms. The number of rotatable bonds is 8. The molecule has 0 saturated carbocycles. The molecule has 0 fully saturated rings. The van der Waals surface area contributed by atoms with Crippen LogP contribution in [0.5, 0.6) is 0 Å². The van der Waals surface area contributed by atoms with Gasteiger partial charge in [0.2, 0.25) is 0 Å². The fraction of sp³-hybridized carbons (Fsp3) is 0.450. The van der Waals surface area contributed by atoms with Gasteiger partial charge in [-0.2, -0.15) is 0 Å². The van der Waals surface area contributed by atoms with Crippen LogP contribution in [0, 0.1) is 5.41 Å². The highest BCUT2D eigenvalue weighted by Gasteiger charge is 2.23. The molecule has 0 saturated heterocycles. The summed E-state index contributed by atoms with van der Waals surface area (Å²) < 4.78 is 11.1. The summed E-state index contributed by atoms with van der Waals surface area (Å²) in [6, 6.07) is 9.99. The Bertz CT molecular complexity index is 522. The largest absolute Gasteiger partial charge is 0.426 e. The van der Waals surface area contributed by atoms with Crippen molar-refractivity contribution in [1.82, 2.24) is 0 Å². The second-order valence-corrected chi connectivity index (χ2v) is 6.44. The standard InChI is InChI=1S/C20H28O3/c1-5-6-8-13-18(23-19(21)20(2,3)4)14-15-22-16-17-11-9-7-10-12-17/h7-14H,5-6,15-16H2,1-4H3/b13-8+,18-14-. The average Bonchev–Trinajstić information content (AvgIpc) is 2.51. The molecular weight excluding hydrogens is 288 g/mol. The topological polar surface area (TPSA) is 35.5 Å². The lowest BCUT2D eigenvalue weighted by atomic mass is 9.97. The fourth-order valence-corrected chi connectivity index (χ4v) is 1.66. The van der Waals surface area contributed by atoms with E-state index in [1.54, 1.807) is 6.08 Å². The van der Waals surface area contributed by atoms with Crippen LogP contribution < -0.4 is 0 Å². The van der Waals surface area contributed by atoms with Crippen molar-refractivity contribution < 1.29 is 14.3 Å². The van der Waals surface area contributed by atoms with Crippen molar-refractivity contribution in [2.75, 3.05) is 6.61 Å². The normalized spacial score (nSPS) is 12.6. The van der Waals surface area contributed by atoms with E-state index in [4.69, 9.17) is 9.47 Å². The van der Waals surface area contributed by atoms with Crippen molar-refractivity contribution >= 4 is 5.97 Å². The van der Waals surface area contributed by atoms with Crippen molar-refractivity contribution in [3.05, 3.63) is 59.9 Å². The van der Waals surface area contributed by atoms with Gasteiger partial charge in [-0.3, -0.25) is 4.79 Å². The minimum atomic E-state index is -0.525. The predicted octanol–water partition coefficient (Wildman–Crippen LogP) is 5.03. The Morgan fingerprint density at radius 2 is 1.87 bits per heavy atom. The molecule has 0 spiro atoms. The van der Waals surface area contributed by atoms with Crippen LogP contribution in [0.3, 0.4) is 0 Å². The molecule has 3 nitrogen and oxygen atoms in total. The highest BCUT2D eigenvalue weighted by atomic mass is 16.5. The molecule has 0 N–H and O–H groups in total. The van der Waals surface area contributed by atoms with Crippen molar-refractivity contribution in [3.8, 4) is 0 Å². The third-order valence-corrected chi connectivity index (χ3v) is 3.07. The molecule has 0 unspecified atom stereocenters. The summed E-state index contributed by atoms with van der Waals surface area (Å²) in [7, 11) is 0. The molecule has 1 aromatic rings. The lowest BCUT2D eigenvalue weighted by Gasteiger charge is -2.16. The maximum absolute atomic E-state index is 12.0. The van der Waals surface area contributed by atoms with Crippen LogP contribution in [0.15, 0.2) is 54.3 Å². The zero-order valence-corrected chi connectivity index (χ0v) is 14.7. The molecular formula is C20H28O3. The third-order valence-electron chi connectivity index (χ3n) is 3.07. The van der Waals surface area contributed by atoms with Crippen LogP contribution in [0.4, 0.5) is 0 Å². The summed E-state index contributed by atoms with van der Waals surface area (Å²) in [5.74, 6) is 0.305. The quantitative estimate of drug-likeness (QED) is 0.292. The second-order valence-electron chi connectivity index (χ2n) is 6.44. The Morgan fingerprint density at radius 1 is 1.17 bits per heavy atom. The van der Waals surface area contributed by atoms with Gasteiger partial charge in [0.1, 0.15) is 5.76 Å². The van der Waals surface area contributed by atoms with Gasteiger partial charge in [-0.05, 0) is 44.9 Å². The molecule has 0 aromatic heterocycles. The maximum atomic E-state index is 12.0. The van der Waals surface area contributed by atoms with Crippen molar-refractivity contribution in [2.24, 2.45) is 5.41 Å². The molecule has 1 rings (SSSR count). The monoisotopic (exact) mass is 316 g/mol. The Morgan fingerprint density at radius 3 is 2.48 bits per heavy atom. The van der Waals surface area contributed by atoms with Gasteiger partial charge in [-0.25, -0.2) is 0 Å². The number of unbranched alkanes of at least 4 members (excludes halogenated alkanes) is 1. The van der Waals surface area contributed by atoms with E-state index in [0.717, 1.165) is 18.4 Å². The van der Waals surface area contributed by atoms with E-state index >= 15 is 0 Å². The van der Waals surface area contributed by atoms with Crippen LogP contribution in [0.25, 0.3) is 0 Å². The van der Waals surface area contributed by atoms with Gasteiger partial charge in [0.05, 0.1) is 18.6 Å². The number of allylic oxidation sites excluding steroid dienone is 2. The molecule has 0 aliphatic carbocycles. The Labute approximate surface area is 140 Å². The number of hydrogen-bond acceptors (Lipinski definition) is 3. The first-order chi connectivity index (χ1) is 10.9. The van der Waals surface area contributed by atoms with E-state index in [0.29, 0.717) is 19.0 Å². The summed E-state index contributed by atoms with van der Waals surface area (Å²) in [6.07, 6.45) is 7.67. The number of hydrogen-bond donors (Lipinski definition) is 0. The van der Waals surface area contributed by atoms with E-state index in [1.165, 1.54) is 0 Å². The predicted molar refractivity (Wildman–Crippen MR) is 93.8 cm³/mol. The summed E-state index contributed by atoms with van der Waals surface area (Å²) in [5, 5.41) is 0. The molecule has 0 radical (unpaired) electrons. The second kappa shape index (κ2) is 10.0. The number of carbonyl (C=O) groups excluding carboxylic acids is 1. The highest BCUT2D eigenvalue weighted by molar-refractivity contribution is 5.76. The molecule has 0 aliphatic heterocycles. The molecule has 0 atom stereocenters. The minimum absolute atomic E-state index is 0.243. The van der Waals surface area contributed by atoms with Crippen LogP contribution in [-0.4, -0.2) is 12.6 Å². The van der Waals surface area contributed by atoms with Gasteiger partial charge in [0.25, 0.3) is 0 Å². The lowest BCUT2D eigenvalue weighted by molar-refractivity contribution is -0.148. The first-order valence-electron chi connectivity index (χ1n) is 8.14. The smallest absolute Gasteiger partial charge is 0.316 e. The average molecular weight is 316 g/mol. The van der Waals surface area contributed by atoms with E-state index in [2.05, 4.69) is 6.92 Å². The zero-order chi connectivity index (χ0) is 17.1. The van der Waals surface area contributed by atoms with Crippen molar-refractivity contribution in [2.45, 2.75) is 47.1 Å². The molecule has 1 aromatic carbocycles. The van der Waals surface area contributed by atoms with E-state index in [9.17, 15) is 4.79 Å². The van der Waals surface area contributed by atoms with Gasteiger partial charge < -0.3 is 9.47 Å². The Hall–Kier alpha value is -1.87. The number of benzene rings is 1. The van der Waals surface area contributed by atoms with Gasteiger partial charge in [0, 0.05) is 0 Å². The third kappa shape index (κ3) is 8.36. The number of esters is 1. The summed E-state index contributed by atoms with van der Waals surface area (Å²) >= 11 is 0. The van der Waals surface area contributed by atoms with Crippen molar-refractivity contribution in [1.29, 1.82) is 0 Å². The Kier molecular flexibility index (Phi) is 8.35. The highest BCUT2D eigenvalue weighted by Crippen LogP contribution is 2.18. The summed E-state index contributed by atoms with van der Waals surface area (Å²) in [4.78, 5) is 12.0. The van der Waals surface area contributed by atoms with Crippen LogP contribution in [0.1, 0.15) is 46.1 Å². The molecule has 0 aliphatic rings. The van der Waals surface area contributed by atoms with E-state index in [1.807, 2.05) is 63.3 Å². The fourth-order valence-electron chi connectivity index (χ4n) is 1.66. The van der Waals surface area contributed by atoms with E-state index < -0.39 is 5.41 Å². The zero-order valence-electron chi connectivity index (χ0n) is 14.7. The maximum Gasteiger partial charge on any atom is 0.316 e.